The van der Waals surface area contributed by atoms with Crippen LogP contribution < -0.4 is 5.73 Å². The van der Waals surface area contributed by atoms with Crippen LogP contribution in [0.3, 0.4) is 0 Å². The molecular formula is C13H23N3. The molecule has 0 radical (unpaired) electrons. The molecule has 0 saturated heterocycles. The first kappa shape index (κ1) is 14.6. The molecule has 0 saturated carbocycles. The van der Waals surface area contributed by atoms with Crippen LogP contribution in [-0.4, -0.2) is 11.9 Å². The maximum Gasteiger partial charge on any atom is 0.0741 e. The molecule has 0 spiro atoms. The maximum atomic E-state index is 7.52. The minimum Gasteiger partial charge on any atom is -0.396 e. The summed E-state index contributed by atoms with van der Waals surface area (Å²) in [5.41, 5.74) is 7.57. The van der Waals surface area contributed by atoms with Gasteiger partial charge >= 0.3 is 0 Å². The largest absolute Gasteiger partial charge is 0.396 e. The van der Waals surface area contributed by atoms with Crippen LogP contribution in [0.25, 0.3) is 0 Å². The number of nitrogens with zero attached hydrogens (tertiary/aromatic N) is 1. The van der Waals surface area contributed by atoms with E-state index in [-0.39, 0.29) is 0 Å². The summed E-state index contributed by atoms with van der Waals surface area (Å²) in [6.45, 7) is 7.74. The van der Waals surface area contributed by atoms with Gasteiger partial charge in [-0.05, 0) is 39.5 Å². The van der Waals surface area contributed by atoms with E-state index >= 15 is 0 Å². The van der Waals surface area contributed by atoms with Crippen molar-refractivity contribution in [3.05, 3.63) is 23.5 Å². The minimum atomic E-state index is 0.388. The lowest BCUT2D eigenvalue weighted by atomic mass is 10.00. The Morgan fingerprint density at radius 1 is 1.44 bits per heavy atom. The van der Waals surface area contributed by atoms with Gasteiger partial charge in [0.1, 0.15) is 0 Å². The second kappa shape index (κ2) is 7.85. The SMILES string of the molecule is CC=N/C(CC(C)C/C=C/C)=C(/N)C(C)=N. The van der Waals surface area contributed by atoms with Crippen molar-refractivity contribution in [2.45, 2.75) is 40.5 Å². The van der Waals surface area contributed by atoms with Crippen LogP contribution in [0, 0.1) is 11.3 Å². The molecule has 0 bridgehead atoms. The lowest BCUT2D eigenvalue weighted by molar-refractivity contribution is 0.581. The zero-order valence-electron chi connectivity index (χ0n) is 10.7. The predicted molar refractivity (Wildman–Crippen MR) is 72.0 cm³/mol. The third-order valence-corrected chi connectivity index (χ3v) is 2.32. The molecule has 3 heteroatoms. The van der Waals surface area contributed by atoms with E-state index in [0.717, 1.165) is 18.5 Å². The van der Waals surface area contributed by atoms with Crippen LogP contribution in [0.15, 0.2) is 28.5 Å². The zero-order valence-corrected chi connectivity index (χ0v) is 10.7. The van der Waals surface area contributed by atoms with Gasteiger partial charge in [0.2, 0.25) is 0 Å². The topological polar surface area (TPSA) is 62.2 Å². The highest BCUT2D eigenvalue weighted by molar-refractivity contribution is 5.95. The minimum absolute atomic E-state index is 0.388. The van der Waals surface area contributed by atoms with Gasteiger partial charge in [-0.25, -0.2) is 0 Å². The average Bonchev–Trinajstić information content (AvgIpc) is 2.24. The van der Waals surface area contributed by atoms with E-state index in [4.69, 9.17) is 11.1 Å². The van der Waals surface area contributed by atoms with E-state index in [2.05, 4.69) is 18.0 Å². The molecular weight excluding hydrogens is 198 g/mol. The van der Waals surface area contributed by atoms with Gasteiger partial charge in [0.25, 0.3) is 0 Å². The van der Waals surface area contributed by atoms with Gasteiger partial charge in [-0.1, -0.05) is 19.1 Å². The highest BCUT2D eigenvalue weighted by Crippen LogP contribution is 2.18. The summed E-state index contributed by atoms with van der Waals surface area (Å²) < 4.78 is 0. The monoisotopic (exact) mass is 221 g/mol. The van der Waals surface area contributed by atoms with Crippen LogP contribution in [0.4, 0.5) is 0 Å². The third kappa shape index (κ3) is 5.49. The molecule has 0 aromatic rings. The Morgan fingerprint density at radius 3 is 2.50 bits per heavy atom. The Kier molecular flexibility index (Phi) is 7.18. The number of hydrogen-bond acceptors (Lipinski definition) is 3. The molecule has 0 rings (SSSR count). The molecule has 0 aromatic heterocycles. The van der Waals surface area contributed by atoms with E-state index in [0.29, 0.717) is 17.3 Å². The second-order valence-electron chi connectivity index (χ2n) is 3.99. The Balaban J connectivity index is 4.70. The fraction of sp³-hybridized carbons (Fsp3) is 0.538. The van der Waals surface area contributed by atoms with Crippen molar-refractivity contribution in [2.24, 2.45) is 16.6 Å². The number of nitrogens with one attached hydrogen (secondary N) is 1. The molecule has 90 valence electrons. The molecule has 0 heterocycles. The van der Waals surface area contributed by atoms with Crippen molar-refractivity contribution in [1.82, 2.24) is 0 Å². The highest BCUT2D eigenvalue weighted by Gasteiger charge is 2.08. The van der Waals surface area contributed by atoms with Crippen LogP contribution >= 0.6 is 0 Å². The lowest BCUT2D eigenvalue weighted by Gasteiger charge is -2.11. The van der Waals surface area contributed by atoms with Gasteiger partial charge in [-0.15, -0.1) is 0 Å². The lowest BCUT2D eigenvalue weighted by Crippen LogP contribution is -2.11. The van der Waals surface area contributed by atoms with Crippen LogP contribution in [-0.2, 0) is 0 Å². The molecule has 0 amide bonds. The summed E-state index contributed by atoms with van der Waals surface area (Å²) in [5, 5.41) is 7.52. The van der Waals surface area contributed by atoms with Gasteiger partial charge in [0, 0.05) is 6.21 Å². The third-order valence-electron chi connectivity index (χ3n) is 2.32. The van der Waals surface area contributed by atoms with E-state index in [9.17, 15) is 0 Å². The second-order valence-corrected chi connectivity index (χ2v) is 3.99. The smallest absolute Gasteiger partial charge is 0.0741 e. The molecule has 3 nitrogen and oxygen atoms in total. The van der Waals surface area contributed by atoms with Crippen LogP contribution in [0.5, 0.6) is 0 Å². The maximum absolute atomic E-state index is 7.52. The Bertz CT molecular complexity index is 311. The van der Waals surface area contributed by atoms with Crippen molar-refractivity contribution in [2.75, 3.05) is 0 Å². The van der Waals surface area contributed by atoms with E-state index < -0.39 is 0 Å². The normalized spacial score (nSPS) is 15.5. The number of hydrogen-bond donors (Lipinski definition) is 2. The first-order valence-corrected chi connectivity index (χ1v) is 5.66. The molecule has 0 fully saturated rings. The number of aliphatic imine (C=N–C) groups is 1. The Morgan fingerprint density at radius 2 is 2.06 bits per heavy atom. The summed E-state index contributed by atoms with van der Waals surface area (Å²) in [6.07, 6.45) is 7.76. The zero-order chi connectivity index (χ0) is 12.6. The first-order chi connectivity index (χ1) is 7.52. The van der Waals surface area contributed by atoms with Crippen molar-refractivity contribution < 1.29 is 0 Å². The van der Waals surface area contributed by atoms with E-state index in [1.165, 1.54) is 0 Å². The Labute approximate surface area is 98.7 Å². The molecule has 0 aliphatic rings. The predicted octanol–water partition coefficient (Wildman–Crippen LogP) is 3.28. The summed E-state index contributed by atoms with van der Waals surface area (Å²) in [6, 6.07) is 0. The summed E-state index contributed by atoms with van der Waals surface area (Å²) in [4.78, 5) is 4.26. The van der Waals surface area contributed by atoms with E-state index in [1.54, 1.807) is 13.1 Å². The molecule has 3 N–H and O–H groups in total. The van der Waals surface area contributed by atoms with Gasteiger partial charge in [0.15, 0.2) is 0 Å². The summed E-state index contributed by atoms with van der Waals surface area (Å²) >= 11 is 0. The van der Waals surface area contributed by atoms with Gasteiger partial charge < -0.3 is 11.1 Å². The number of nitrogens with two attached hydrogens (primary N) is 1. The summed E-state index contributed by atoms with van der Waals surface area (Å²) in [5.74, 6) is 0.493. The number of rotatable bonds is 6. The average molecular weight is 221 g/mol. The van der Waals surface area contributed by atoms with Crippen molar-refractivity contribution in [1.29, 1.82) is 5.41 Å². The Hall–Kier alpha value is -1.38. The van der Waals surface area contributed by atoms with Gasteiger partial charge in [-0.2, -0.15) is 0 Å². The molecule has 16 heavy (non-hydrogen) atoms. The molecule has 1 unspecified atom stereocenters. The first-order valence-electron chi connectivity index (χ1n) is 5.66. The highest BCUT2D eigenvalue weighted by atomic mass is 14.8. The summed E-state index contributed by atoms with van der Waals surface area (Å²) in [7, 11) is 0. The number of allylic oxidation sites excluding steroid dienone is 4. The fourth-order valence-electron chi connectivity index (χ4n) is 1.39. The van der Waals surface area contributed by atoms with Gasteiger partial charge in [-0.3, -0.25) is 4.99 Å². The molecule has 0 aliphatic carbocycles. The van der Waals surface area contributed by atoms with Gasteiger partial charge in [0.05, 0.1) is 17.1 Å². The standard InChI is InChI=1S/C13H23N3/c1-5-7-8-10(3)9-12(16-6-2)13(15)11(4)14/h5-7,10,14H,8-9,15H2,1-4H3/b7-5+,13-12+,14-11?,16-6?. The quantitative estimate of drug-likeness (QED) is 0.524. The molecule has 0 aliphatic heterocycles. The van der Waals surface area contributed by atoms with Crippen molar-refractivity contribution >= 4 is 11.9 Å². The molecule has 1 atom stereocenters. The van der Waals surface area contributed by atoms with Crippen LogP contribution in [0.2, 0.25) is 0 Å². The molecule has 0 aromatic carbocycles. The fourth-order valence-corrected chi connectivity index (χ4v) is 1.39. The van der Waals surface area contributed by atoms with Crippen molar-refractivity contribution in [3.63, 3.8) is 0 Å². The van der Waals surface area contributed by atoms with E-state index in [1.807, 2.05) is 19.9 Å². The van der Waals surface area contributed by atoms with Crippen molar-refractivity contribution in [3.8, 4) is 0 Å². The van der Waals surface area contributed by atoms with Crippen LogP contribution in [0.1, 0.15) is 40.5 Å².